The van der Waals surface area contributed by atoms with E-state index in [2.05, 4.69) is 48.2 Å². The molecule has 0 amide bonds. The van der Waals surface area contributed by atoms with Crippen LogP contribution in [-0.2, 0) is 0 Å². The number of piperazine rings is 1. The molecular weight excluding hydrogens is 362 g/mol. The molecule has 0 spiro atoms. The lowest BCUT2D eigenvalue weighted by atomic mass is 10.1. The smallest absolute Gasteiger partial charge is 0.140 e. The molecule has 7 nitrogen and oxygen atoms in total. The minimum Gasteiger partial charge on any atom is -0.367 e. The first-order chi connectivity index (χ1) is 14.3. The van der Waals surface area contributed by atoms with Gasteiger partial charge >= 0.3 is 0 Å². The Morgan fingerprint density at radius 3 is 2.55 bits per heavy atom. The number of aromatic amines is 1. The minimum atomic E-state index is 0.721. The number of nitrogens with one attached hydrogen (secondary N) is 1. The molecule has 0 radical (unpaired) electrons. The second-order valence-electron chi connectivity index (χ2n) is 7.02. The van der Waals surface area contributed by atoms with Crippen LogP contribution in [0.5, 0.6) is 0 Å². The van der Waals surface area contributed by atoms with Gasteiger partial charge in [-0.3, -0.25) is 5.10 Å². The molecular formula is C22H19N7. The molecule has 0 bridgehead atoms. The predicted octanol–water partition coefficient (Wildman–Crippen LogP) is 3.22. The Balaban J connectivity index is 1.43. The van der Waals surface area contributed by atoms with Gasteiger partial charge in [0.05, 0.1) is 23.0 Å². The predicted molar refractivity (Wildman–Crippen MR) is 113 cm³/mol. The van der Waals surface area contributed by atoms with Crippen molar-refractivity contribution >= 4 is 22.4 Å². The highest BCUT2D eigenvalue weighted by molar-refractivity contribution is 5.92. The van der Waals surface area contributed by atoms with E-state index < -0.39 is 0 Å². The van der Waals surface area contributed by atoms with Crippen molar-refractivity contribution in [1.82, 2.24) is 20.2 Å². The van der Waals surface area contributed by atoms with Crippen LogP contribution in [0, 0.1) is 11.3 Å². The van der Waals surface area contributed by atoms with Gasteiger partial charge in [0.1, 0.15) is 18.2 Å². The molecule has 0 unspecified atom stereocenters. The van der Waals surface area contributed by atoms with Gasteiger partial charge in [-0.1, -0.05) is 18.2 Å². The molecule has 1 aliphatic rings. The average Bonchev–Trinajstić information content (AvgIpc) is 3.33. The van der Waals surface area contributed by atoms with Gasteiger partial charge in [-0.2, -0.15) is 10.4 Å². The highest BCUT2D eigenvalue weighted by atomic mass is 15.3. The van der Waals surface area contributed by atoms with Crippen LogP contribution in [0.1, 0.15) is 5.56 Å². The number of aromatic nitrogens is 4. The van der Waals surface area contributed by atoms with Crippen LogP contribution in [0.15, 0.2) is 61.2 Å². The van der Waals surface area contributed by atoms with Crippen molar-refractivity contribution in [2.75, 3.05) is 36.0 Å². The van der Waals surface area contributed by atoms with Crippen LogP contribution in [-0.4, -0.2) is 46.3 Å². The van der Waals surface area contributed by atoms with E-state index in [0.717, 1.165) is 65.3 Å². The maximum absolute atomic E-state index is 9.39. The summed E-state index contributed by atoms with van der Waals surface area (Å²) in [7, 11) is 0. The number of para-hydroxylation sites is 1. The number of anilines is 2. The number of nitriles is 1. The summed E-state index contributed by atoms with van der Waals surface area (Å²) >= 11 is 0. The third kappa shape index (κ3) is 3.15. The van der Waals surface area contributed by atoms with Crippen molar-refractivity contribution in [3.63, 3.8) is 0 Å². The summed E-state index contributed by atoms with van der Waals surface area (Å²) in [5.74, 6) is 0.952. The summed E-state index contributed by atoms with van der Waals surface area (Å²) in [6, 6.07) is 16.3. The molecule has 3 heterocycles. The van der Waals surface area contributed by atoms with Crippen molar-refractivity contribution in [2.45, 2.75) is 0 Å². The molecule has 0 saturated carbocycles. The van der Waals surface area contributed by atoms with Gasteiger partial charge in [0.2, 0.25) is 0 Å². The molecule has 1 saturated heterocycles. The minimum absolute atomic E-state index is 0.721. The zero-order valence-corrected chi connectivity index (χ0v) is 15.8. The molecule has 0 aliphatic carbocycles. The average molecular weight is 381 g/mol. The topological polar surface area (TPSA) is 84.7 Å². The molecule has 0 atom stereocenters. The lowest BCUT2D eigenvalue weighted by Crippen LogP contribution is -2.47. The Hall–Kier alpha value is -3.92. The third-order valence-corrected chi connectivity index (χ3v) is 5.39. The first kappa shape index (κ1) is 17.2. The monoisotopic (exact) mass is 381 g/mol. The summed E-state index contributed by atoms with van der Waals surface area (Å²) in [5, 5.41) is 17.3. The lowest BCUT2D eigenvalue weighted by Gasteiger charge is -2.37. The van der Waals surface area contributed by atoms with Gasteiger partial charge in [-0.15, -0.1) is 0 Å². The maximum Gasteiger partial charge on any atom is 0.140 e. The normalized spacial score (nSPS) is 14.2. The quantitative estimate of drug-likeness (QED) is 0.587. The van der Waals surface area contributed by atoms with Crippen LogP contribution in [0.3, 0.4) is 0 Å². The van der Waals surface area contributed by atoms with Crippen molar-refractivity contribution < 1.29 is 0 Å². The summed E-state index contributed by atoms with van der Waals surface area (Å²) in [6.07, 6.45) is 5.33. The summed E-state index contributed by atoms with van der Waals surface area (Å²) < 4.78 is 0. The molecule has 2 aromatic heterocycles. The lowest BCUT2D eigenvalue weighted by molar-refractivity contribution is 0.648. The zero-order valence-electron chi connectivity index (χ0n) is 15.8. The Morgan fingerprint density at radius 2 is 1.76 bits per heavy atom. The molecule has 1 fully saturated rings. The number of benzene rings is 2. The van der Waals surface area contributed by atoms with Crippen LogP contribution in [0.4, 0.5) is 11.5 Å². The second kappa shape index (κ2) is 7.24. The summed E-state index contributed by atoms with van der Waals surface area (Å²) in [6.45, 7) is 3.35. The van der Waals surface area contributed by atoms with Crippen LogP contribution < -0.4 is 9.80 Å². The van der Waals surface area contributed by atoms with E-state index >= 15 is 0 Å². The molecule has 4 aromatic rings. The van der Waals surface area contributed by atoms with Gasteiger partial charge in [-0.05, 0) is 29.8 Å². The molecule has 29 heavy (non-hydrogen) atoms. The van der Waals surface area contributed by atoms with Crippen LogP contribution in [0.25, 0.3) is 22.0 Å². The Kier molecular flexibility index (Phi) is 4.30. The van der Waals surface area contributed by atoms with Crippen LogP contribution in [0.2, 0.25) is 0 Å². The largest absolute Gasteiger partial charge is 0.367 e. The summed E-state index contributed by atoms with van der Waals surface area (Å²) in [4.78, 5) is 13.6. The van der Waals surface area contributed by atoms with E-state index in [-0.39, 0.29) is 0 Å². The van der Waals surface area contributed by atoms with Crippen molar-refractivity contribution in [3.8, 4) is 17.2 Å². The third-order valence-electron chi connectivity index (χ3n) is 5.39. The maximum atomic E-state index is 9.39. The van der Waals surface area contributed by atoms with E-state index in [9.17, 15) is 5.26 Å². The number of hydrogen-bond acceptors (Lipinski definition) is 6. The standard InChI is InChI=1S/C22H19N7/c23-12-17-3-1-2-4-21(17)28-7-9-29(10-8-28)22-19-11-16(18-13-26-27-14-18)5-6-20(19)24-15-25-22/h1-6,11,13-15H,7-10H2,(H,26,27). The van der Waals surface area contributed by atoms with Gasteiger partial charge in [0, 0.05) is 43.3 Å². The van der Waals surface area contributed by atoms with Gasteiger partial charge < -0.3 is 9.80 Å². The van der Waals surface area contributed by atoms with E-state index in [4.69, 9.17) is 0 Å². The van der Waals surface area contributed by atoms with Crippen molar-refractivity contribution in [3.05, 3.63) is 66.7 Å². The Morgan fingerprint density at radius 1 is 0.931 bits per heavy atom. The van der Waals surface area contributed by atoms with Gasteiger partial charge in [0.15, 0.2) is 0 Å². The van der Waals surface area contributed by atoms with Crippen LogP contribution >= 0.6 is 0 Å². The Labute approximate surface area is 168 Å². The molecule has 5 rings (SSSR count). The highest BCUT2D eigenvalue weighted by Crippen LogP contribution is 2.29. The van der Waals surface area contributed by atoms with E-state index in [0.29, 0.717) is 0 Å². The molecule has 2 aromatic carbocycles. The molecule has 1 aliphatic heterocycles. The summed E-state index contributed by atoms with van der Waals surface area (Å²) in [5.41, 5.74) is 4.78. The highest BCUT2D eigenvalue weighted by Gasteiger charge is 2.21. The fourth-order valence-corrected chi connectivity index (χ4v) is 3.89. The molecule has 142 valence electrons. The van der Waals surface area contributed by atoms with E-state index in [1.165, 1.54) is 0 Å². The number of hydrogen-bond donors (Lipinski definition) is 1. The number of fused-ring (bicyclic) bond motifs is 1. The first-order valence-corrected chi connectivity index (χ1v) is 9.56. The zero-order chi connectivity index (χ0) is 19.6. The van der Waals surface area contributed by atoms with E-state index in [1.807, 2.05) is 42.7 Å². The molecule has 7 heteroatoms. The van der Waals surface area contributed by atoms with Gasteiger partial charge in [-0.25, -0.2) is 9.97 Å². The van der Waals surface area contributed by atoms with Crippen molar-refractivity contribution in [1.29, 1.82) is 5.26 Å². The first-order valence-electron chi connectivity index (χ1n) is 9.56. The van der Waals surface area contributed by atoms with Crippen molar-refractivity contribution in [2.24, 2.45) is 0 Å². The fraction of sp³-hybridized carbons (Fsp3) is 0.182. The Bertz CT molecular complexity index is 1190. The van der Waals surface area contributed by atoms with Gasteiger partial charge in [0.25, 0.3) is 0 Å². The van der Waals surface area contributed by atoms with E-state index in [1.54, 1.807) is 6.33 Å². The second-order valence-corrected chi connectivity index (χ2v) is 7.02. The number of nitrogens with zero attached hydrogens (tertiary/aromatic N) is 6. The number of rotatable bonds is 3. The SMILES string of the molecule is N#Cc1ccccc1N1CCN(c2ncnc3ccc(-c4cn[nH]c4)cc23)CC1. The fourth-order valence-electron chi connectivity index (χ4n) is 3.89. The number of H-pyrrole nitrogens is 1. The molecule has 1 N–H and O–H groups in total.